The lowest BCUT2D eigenvalue weighted by Crippen LogP contribution is -1.87. The Morgan fingerprint density at radius 3 is 2.78 bits per heavy atom. The third-order valence-corrected chi connectivity index (χ3v) is 2.36. The van der Waals surface area contributed by atoms with Crippen molar-refractivity contribution in [2.24, 2.45) is 0 Å². The van der Waals surface area contributed by atoms with E-state index in [9.17, 15) is 0 Å². The Bertz CT molecular complexity index is 670. The van der Waals surface area contributed by atoms with Crippen molar-refractivity contribution in [1.82, 2.24) is 25.1 Å². The van der Waals surface area contributed by atoms with Gasteiger partial charge in [0.25, 0.3) is 5.89 Å². The summed E-state index contributed by atoms with van der Waals surface area (Å²) in [5, 5.41) is 4.19. The summed E-state index contributed by atoms with van der Waals surface area (Å²) < 4.78 is 5.11. The molecule has 88 valence electrons. The van der Waals surface area contributed by atoms with E-state index in [2.05, 4.69) is 25.1 Å². The summed E-state index contributed by atoms with van der Waals surface area (Å²) in [7, 11) is 0. The molecule has 0 saturated heterocycles. The number of nitrogens with zero attached hydrogens (tertiary/aromatic N) is 5. The van der Waals surface area contributed by atoms with Crippen LogP contribution in [0.4, 0.5) is 0 Å². The lowest BCUT2D eigenvalue weighted by molar-refractivity contribution is 0.431. The molecule has 0 bridgehead atoms. The molecule has 0 aliphatic heterocycles. The summed E-state index contributed by atoms with van der Waals surface area (Å²) in [6.07, 6.45) is 4.69. The van der Waals surface area contributed by atoms with Gasteiger partial charge in [0.2, 0.25) is 5.82 Å². The van der Waals surface area contributed by atoms with Gasteiger partial charge in [0.15, 0.2) is 0 Å². The third-order valence-electron chi connectivity index (χ3n) is 2.15. The second-order valence-corrected chi connectivity index (χ2v) is 3.75. The first-order valence-electron chi connectivity index (χ1n) is 5.06. The summed E-state index contributed by atoms with van der Waals surface area (Å²) in [6, 6.07) is 5.17. The van der Waals surface area contributed by atoms with E-state index < -0.39 is 0 Å². The van der Waals surface area contributed by atoms with Gasteiger partial charge in [-0.05, 0) is 12.1 Å². The molecule has 3 aromatic heterocycles. The summed E-state index contributed by atoms with van der Waals surface area (Å²) >= 11 is 5.80. The zero-order chi connectivity index (χ0) is 12.4. The van der Waals surface area contributed by atoms with Crippen LogP contribution in [-0.2, 0) is 0 Å². The lowest BCUT2D eigenvalue weighted by Gasteiger charge is -1.92. The fraction of sp³-hybridized carbons (Fsp3) is 0. The average Bonchev–Trinajstić information content (AvgIpc) is 2.89. The summed E-state index contributed by atoms with van der Waals surface area (Å²) in [4.78, 5) is 16.3. The number of hydrogen-bond acceptors (Lipinski definition) is 6. The zero-order valence-corrected chi connectivity index (χ0v) is 9.74. The molecule has 3 heterocycles. The van der Waals surface area contributed by atoms with Crippen molar-refractivity contribution in [2.75, 3.05) is 0 Å². The van der Waals surface area contributed by atoms with E-state index in [1.165, 1.54) is 0 Å². The van der Waals surface area contributed by atoms with Crippen molar-refractivity contribution in [3.05, 3.63) is 41.9 Å². The van der Waals surface area contributed by atoms with Crippen LogP contribution in [0.2, 0.25) is 5.15 Å². The van der Waals surface area contributed by atoms with Crippen LogP contribution in [0.1, 0.15) is 0 Å². The van der Waals surface area contributed by atoms with Crippen LogP contribution in [0, 0.1) is 0 Å². The molecule has 0 unspecified atom stereocenters. The predicted molar refractivity (Wildman–Crippen MR) is 63.6 cm³/mol. The first kappa shape index (κ1) is 10.8. The summed E-state index contributed by atoms with van der Waals surface area (Å²) in [5.74, 6) is 0.651. The Kier molecular flexibility index (Phi) is 2.70. The quantitative estimate of drug-likeness (QED) is 0.657. The molecule has 18 heavy (non-hydrogen) atoms. The molecule has 0 aromatic carbocycles. The highest BCUT2D eigenvalue weighted by Crippen LogP contribution is 2.19. The van der Waals surface area contributed by atoms with Crippen LogP contribution in [0.25, 0.3) is 23.1 Å². The molecule has 7 heteroatoms. The van der Waals surface area contributed by atoms with Crippen LogP contribution in [0.15, 0.2) is 41.3 Å². The topological polar surface area (TPSA) is 77.6 Å². The number of halogens is 1. The van der Waals surface area contributed by atoms with E-state index in [1.54, 1.807) is 36.8 Å². The Hall–Kier alpha value is -2.34. The average molecular weight is 260 g/mol. The van der Waals surface area contributed by atoms with Gasteiger partial charge in [0, 0.05) is 12.4 Å². The molecule has 0 N–H and O–H groups in total. The van der Waals surface area contributed by atoms with Gasteiger partial charge in [-0.2, -0.15) is 4.98 Å². The third kappa shape index (κ3) is 2.05. The molecular formula is C11H6ClN5O. The molecule has 0 aliphatic carbocycles. The van der Waals surface area contributed by atoms with Crippen molar-refractivity contribution >= 4 is 11.6 Å². The van der Waals surface area contributed by atoms with Gasteiger partial charge in [-0.1, -0.05) is 22.8 Å². The van der Waals surface area contributed by atoms with Gasteiger partial charge in [-0.3, -0.25) is 4.98 Å². The fourth-order valence-corrected chi connectivity index (χ4v) is 1.54. The molecule has 0 amide bonds. The standard InChI is InChI=1S/C11H6ClN5O/c12-9-3-1-2-7(15-9)11-16-10(17-18-11)8-6-13-4-5-14-8/h1-6H. The minimum absolute atomic E-state index is 0.290. The Labute approximate surface area is 107 Å². The first-order chi connectivity index (χ1) is 8.83. The molecule has 0 radical (unpaired) electrons. The Balaban J connectivity index is 2.00. The zero-order valence-electron chi connectivity index (χ0n) is 8.99. The van der Waals surface area contributed by atoms with E-state index in [-0.39, 0.29) is 5.89 Å². The normalized spacial score (nSPS) is 10.5. The van der Waals surface area contributed by atoms with Crippen molar-refractivity contribution in [3.8, 4) is 23.1 Å². The van der Waals surface area contributed by atoms with Crippen molar-refractivity contribution < 1.29 is 4.52 Å². The first-order valence-corrected chi connectivity index (χ1v) is 5.44. The number of rotatable bonds is 2. The minimum Gasteiger partial charge on any atom is -0.332 e. The van der Waals surface area contributed by atoms with Crippen molar-refractivity contribution in [1.29, 1.82) is 0 Å². The van der Waals surface area contributed by atoms with Crippen molar-refractivity contribution in [3.63, 3.8) is 0 Å². The van der Waals surface area contributed by atoms with E-state index in [4.69, 9.17) is 16.1 Å². The highest BCUT2D eigenvalue weighted by atomic mass is 35.5. The van der Waals surface area contributed by atoms with Crippen LogP contribution in [0.5, 0.6) is 0 Å². The van der Waals surface area contributed by atoms with Crippen LogP contribution >= 0.6 is 11.6 Å². The SMILES string of the molecule is Clc1cccc(-c2nc(-c3cnccn3)no2)n1. The van der Waals surface area contributed by atoms with Gasteiger partial charge in [0.1, 0.15) is 16.5 Å². The minimum atomic E-state index is 0.290. The van der Waals surface area contributed by atoms with Gasteiger partial charge in [-0.25, -0.2) is 9.97 Å². The van der Waals surface area contributed by atoms with Crippen LogP contribution in [-0.4, -0.2) is 25.1 Å². The molecule has 3 aromatic rings. The second-order valence-electron chi connectivity index (χ2n) is 3.36. The molecule has 3 rings (SSSR count). The molecule has 0 spiro atoms. The summed E-state index contributed by atoms with van der Waals surface area (Å²) in [5.41, 5.74) is 1.06. The van der Waals surface area contributed by atoms with Crippen LogP contribution in [0.3, 0.4) is 0 Å². The maximum absolute atomic E-state index is 5.80. The predicted octanol–water partition coefficient (Wildman–Crippen LogP) is 2.24. The lowest BCUT2D eigenvalue weighted by atomic mass is 10.3. The monoisotopic (exact) mass is 259 g/mol. The van der Waals surface area contributed by atoms with Crippen molar-refractivity contribution in [2.45, 2.75) is 0 Å². The molecule has 6 nitrogen and oxygen atoms in total. The second kappa shape index (κ2) is 4.50. The van der Waals surface area contributed by atoms with E-state index in [0.717, 1.165) is 0 Å². The van der Waals surface area contributed by atoms with Gasteiger partial charge in [-0.15, -0.1) is 0 Å². The van der Waals surface area contributed by atoms with Gasteiger partial charge < -0.3 is 4.52 Å². The van der Waals surface area contributed by atoms with Gasteiger partial charge in [0.05, 0.1) is 6.20 Å². The summed E-state index contributed by atoms with van der Waals surface area (Å²) in [6.45, 7) is 0. The molecule has 0 saturated carbocycles. The van der Waals surface area contributed by atoms with E-state index >= 15 is 0 Å². The van der Waals surface area contributed by atoms with Gasteiger partial charge >= 0.3 is 0 Å². The van der Waals surface area contributed by atoms with E-state index in [1.807, 2.05) is 0 Å². The smallest absolute Gasteiger partial charge is 0.276 e. The fourth-order valence-electron chi connectivity index (χ4n) is 1.37. The van der Waals surface area contributed by atoms with Crippen LogP contribution < -0.4 is 0 Å². The molecule has 0 fully saturated rings. The van der Waals surface area contributed by atoms with E-state index in [0.29, 0.717) is 22.4 Å². The Morgan fingerprint density at radius 1 is 1.06 bits per heavy atom. The maximum Gasteiger partial charge on any atom is 0.276 e. The molecule has 0 aliphatic rings. The molecular weight excluding hydrogens is 254 g/mol. The number of hydrogen-bond donors (Lipinski definition) is 0. The number of aromatic nitrogens is 5. The Morgan fingerprint density at radius 2 is 2.00 bits per heavy atom. The highest BCUT2D eigenvalue weighted by molar-refractivity contribution is 6.29. The maximum atomic E-state index is 5.80. The number of pyridine rings is 1. The molecule has 0 atom stereocenters. The largest absolute Gasteiger partial charge is 0.332 e. The highest BCUT2D eigenvalue weighted by Gasteiger charge is 2.12.